The molecule has 0 unspecified atom stereocenters. The Kier molecular flexibility index (Phi) is 8.05. The van der Waals surface area contributed by atoms with Crippen molar-refractivity contribution in [3.05, 3.63) is 98.5 Å². The van der Waals surface area contributed by atoms with E-state index in [1.807, 2.05) is 36.4 Å². The molecule has 0 aliphatic heterocycles. The van der Waals surface area contributed by atoms with Crippen molar-refractivity contribution < 1.29 is 9.53 Å². The molecule has 1 fully saturated rings. The largest absolute Gasteiger partial charge is 0.481 e. The predicted molar refractivity (Wildman–Crippen MR) is 152 cm³/mol. The number of nitrogens with one attached hydrogen (secondary N) is 1. The minimum absolute atomic E-state index is 0.170. The molecule has 0 atom stereocenters. The molecule has 0 radical (unpaired) electrons. The van der Waals surface area contributed by atoms with Crippen LogP contribution in [0.3, 0.4) is 0 Å². The topological polar surface area (TPSA) is 85.6 Å². The van der Waals surface area contributed by atoms with E-state index in [-0.39, 0.29) is 39.8 Å². The molecular weight excluding hydrogens is 523 g/mol. The van der Waals surface area contributed by atoms with Crippen LogP contribution in [0.1, 0.15) is 49.4 Å². The predicted octanol–water partition coefficient (Wildman–Crippen LogP) is 6.65. The molecule has 3 aromatic carbocycles. The van der Waals surface area contributed by atoms with Crippen molar-refractivity contribution in [1.82, 2.24) is 9.66 Å². The van der Waals surface area contributed by atoms with Gasteiger partial charge >= 0.3 is 0 Å². The Morgan fingerprint density at radius 2 is 1.71 bits per heavy atom. The number of hydrogen-bond donors (Lipinski definition) is 1. The van der Waals surface area contributed by atoms with Crippen molar-refractivity contribution in [2.45, 2.75) is 38.0 Å². The van der Waals surface area contributed by atoms with Crippen molar-refractivity contribution in [2.75, 3.05) is 11.9 Å². The average Bonchev–Trinajstić information content (AvgIpc) is 2.93. The minimum atomic E-state index is -0.340. The first-order chi connectivity index (χ1) is 18.5. The number of carbonyl (C=O) groups excluding carboxylic acids is 1. The Morgan fingerprint density at radius 1 is 1.03 bits per heavy atom. The molecule has 7 nitrogen and oxygen atoms in total. The second-order valence-electron chi connectivity index (χ2n) is 9.20. The second kappa shape index (κ2) is 11.8. The zero-order valence-corrected chi connectivity index (χ0v) is 22.1. The maximum Gasteiger partial charge on any atom is 0.282 e. The molecule has 1 aliphatic carbocycles. The highest BCUT2D eigenvalue weighted by molar-refractivity contribution is 6.37. The van der Waals surface area contributed by atoms with Gasteiger partial charge in [0.25, 0.3) is 11.5 Å². The third-order valence-electron chi connectivity index (χ3n) is 6.50. The summed E-state index contributed by atoms with van der Waals surface area (Å²) in [5.41, 5.74) is 1.70. The molecule has 194 valence electrons. The number of benzene rings is 3. The summed E-state index contributed by atoms with van der Waals surface area (Å²) in [4.78, 5) is 30.5. The lowest BCUT2D eigenvalue weighted by molar-refractivity contribution is -0.118. The van der Waals surface area contributed by atoms with E-state index in [0.29, 0.717) is 28.0 Å². The number of ether oxygens (including phenoxy) is 1. The maximum atomic E-state index is 13.4. The molecule has 5 rings (SSSR count). The second-order valence-corrected chi connectivity index (χ2v) is 10.0. The van der Waals surface area contributed by atoms with Gasteiger partial charge in [-0.3, -0.25) is 9.59 Å². The van der Waals surface area contributed by atoms with E-state index in [9.17, 15) is 9.59 Å². The minimum Gasteiger partial charge on any atom is -0.481 e. The Balaban J connectivity index is 1.38. The van der Waals surface area contributed by atoms with Gasteiger partial charge in [-0.05, 0) is 54.8 Å². The summed E-state index contributed by atoms with van der Waals surface area (Å²) in [7, 11) is 0. The SMILES string of the molecule is O=C(COc1c(Cl)cc(C=Nn2c(C3CCCCC3)nc3ccccc3c2=O)cc1Cl)Nc1ccccc1. The highest BCUT2D eigenvalue weighted by Gasteiger charge is 2.22. The lowest BCUT2D eigenvalue weighted by atomic mass is 9.88. The molecule has 1 aromatic heterocycles. The van der Waals surface area contributed by atoms with Crippen molar-refractivity contribution in [2.24, 2.45) is 5.10 Å². The quantitative estimate of drug-likeness (QED) is 0.262. The van der Waals surface area contributed by atoms with Gasteiger partial charge in [-0.1, -0.05) is 72.8 Å². The van der Waals surface area contributed by atoms with E-state index in [1.165, 1.54) is 17.3 Å². The highest BCUT2D eigenvalue weighted by Crippen LogP contribution is 2.34. The standard InChI is InChI=1S/C29H26Cl2N4O3/c30-23-15-19(16-24(31)27(23)38-18-26(36)33-21-11-5-2-6-12-21)17-32-35-28(20-9-3-1-4-10-20)34-25-14-8-7-13-22(25)29(35)37/h2,5-8,11-17,20H,1,3-4,9-10,18H2,(H,33,36). The van der Waals surface area contributed by atoms with Crippen LogP contribution >= 0.6 is 23.2 Å². The van der Waals surface area contributed by atoms with Crippen LogP contribution in [0.25, 0.3) is 10.9 Å². The number of rotatable bonds is 7. The summed E-state index contributed by atoms with van der Waals surface area (Å²) in [6.07, 6.45) is 6.88. The number of carbonyl (C=O) groups is 1. The zero-order chi connectivity index (χ0) is 26.5. The van der Waals surface area contributed by atoms with Gasteiger partial charge < -0.3 is 10.1 Å². The molecule has 4 aromatic rings. The third-order valence-corrected chi connectivity index (χ3v) is 7.06. The number of nitrogens with zero attached hydrogens (tertiary/aromatic N) is 3. The summed E-state index contributed by atoms with van der Waals surface area (Å²) in [5.74, 6) is 0.697. The van der Waals surface area contributed by atoms with Crippen molar-refractivity contribution in [1.29, 1.82) is 0 Å². The number of hydrogen-bond acceptors (Lipinski definition) is 5. The fourth-order valence-corrected chi connectivity index (χ4v) is 5.26. The van der Waals surface area contributed by atoms with Crippen LogP contribution in [0, 0.1) is 0 Å². The van der Waals surface area contributed by atoms with Gasteiger partial charge in [-0.2, -0.15) is 9.78 Å². The normalized spacial score (nSPS) is 14.2. The first-order valence-corrected chi connectivity index (χ1v) is 13.3. The maximum absolute atomic E-state index is 13.4. The molecule has 0 spiro atoms. The summed E-state index contributed by atoms with van der Waals surface area (Å²) < 4.78 is 7.00. The van der Waals surface area contributed by atoms with Crippen molar-refractivity contribution in [3.8, 4) is 5.75 Å². The molecule has 1 aliphatic rings. The number of aromatic nitrogens is 2. The number of para-hydroxylation sites is 2. The van der Waals surface area contributed by atoms with E-state index in [4.69, 9.17) is 32.9 Å². The van der Waals surface area contributed by atoms with Gasteiger partial charge in [0.1, 0.15) is 5.82 Å². The first-order valence-electron chi connectivity index (χ1n) is 12.5. The molecule has 1 saturated carbocycles. The molecule has 0 bridgehead atoms. The van der Waals surface area contributed by atoms with E-state index in [1.54, 1.807) is 30.3 Å². The molecular formula is C29H26Cl2N4O3. The van der Waals surface area contributed by atoms with Crippen LogP contribution in [0.2, 0.25) is 10.0 Å². The van der Waals surface area contributed by atoms with Crippen LogP contribution in [-0.2, 0) is 4.79 Å². The van der Waals surface area contributed by atoms with E-state index < -0.39 is 0 Å². The third kappa shape index (κ3) is 5.90. The van der Waals surface area contributed by atoms with Crippen LogP contribution in [0.15, 0.2) is 76.6 Å². The van der Waals surface area contributed by atoms with Gasteiger partial charge in [-0.25, -0.2) is 4.98 Å². The summed E-state index contributed by atoms with van der Waals surface area (Å²) in [6.45, 7) is -0.259. The fraction of sp³-hybridized carbons (Fsp3) is 0.241. The molecule has 1 heterocycles. The van der Waals surface area contributed by atoms with Gasteiger partial charge in [-0.15, -0.1) is 0 Å². The lowest BCUT2D eigenvalue weighted by Gasteiger charge is -2.22. The number of anilines is 1. The Morgan fingerprint density at radius 3 is 2.45 bits per heavy atom. The summed E-state index contributed by atoms with van der Waals surface area (Å²) in [5, 5.41) is 8.23. The first kappa shape index (κ1) is 25.9. The van der Waals surface area contributed by atoms with Gasteiger partial charge in [0, 0.05) is 11.6 Å². The van der Waals surface area contributed by atoms with Crippen molar-refractivity contribution >= 4 is 51.9 Å². The smallest absolute Gasteiger partial charge is 0.282 e. The van der Waals surface area contributed by atoms with Crippen molar-refractivity contribution in [3.63, 3.8) is 0 Å². The average molecular weight is 549 g/mol. The van der Waals surface area contributed by atoms with Crippen LogP contribution < -0.4 is 15.6 Å². The van der Waals surface area contributed by atoms with Gasteiger partial charge in [0.15, 0.2) is 12.4 Å². The van der Waals surface area contributed by atoms with Crippen LogP contribution in [-0.4, -0.2) is 28.4 Å². The fourth-order valence-electron chi connectivity index (χ4n) is 4.65. The zero-order valence-electron chi connectivity index (χ0n) is 20.6. The molecule has 0 saturated heterocycles. The van der Waals surface area contributed by atoms with Gasteiger partial charge in [0.05, 0.1) is 27.2 Å². The van der Waals surface area contributed by atoms with E-state index >= 15 is 0 Å². The number of halogens is 2. The Hall–Kier alpha value is -3.68. The monoisotopic (exact) mass is 548 g/mol. The number of fused-ring (bicyclic) bond motifs is 1. The van der Waals surface area contributed by atoms with Crippen LogP contribution in [0.4, 0.5) is 5.69 Å². The molecule has 9 heteroatoms. The lowest BCUT2D eigenvalue weighted by Crippen LogP contribution is -2.25. The summed E-state index contributed by atoms with van der Waals surface area (Å²) in [6, 6.07) is 19.6. The summed E-state index contributed by atoms with van der Waals surface area (Å²) >= 11 is 12.9. The molecule has 1 N–H and O–H groups in total. The van der Waals surface area contributed by atoms with Crippen LogP contribution in [0.5, 0.6) is 5.75 Å². The molecule has 38 heavy (non-hydrogen) atoms. The Labute approximate surface area is 230 Å². The molecule has 1 amide bonds. The van der Waals surface area contributed by atoms with Gasteiger partial charge in [0.2, 0.25) is 0 Å². The highest BCUT2D eigenvalue weighted by atomic mass is 35.5. The Bertz CT molecular complexity index is 1520. The van der Waals surface area contributed by atoms with E-state index in [2.05, 4.69) is 10.4 Å². The number of amides is 1. The van der Waals surface area contributed by atoms with E-state index in [0.717, 1.165) is 25.7 Å².